The van der Waals surface area contributed by atoms with Crippen LogP contribution in [-0.2, 0) is 7.05 Å². The summed E-state index contributed by atoms with van der Waals surface area (Å²) in [6.45, 7) is 0.980. The molecule has 0 unspecified atom stereocenters. The van der Waals surface area contributed by atoms with E-state index in [4.69, 9.17) is 4.74 Å². The minimum absolute atomic E-state index is 0.221. The number of amides is 4. The van der Waals surface area contributed by atoms with Gasteiger partial charge in [0.05, 0.1) is 18.1 Å². The van der Waals surface area contributed by atoms with Crippen LogP contribution in [0.5, 0.6) is 11.5 Å². The first-order chi connectivity index (χ1) is 16.1. The number of carbonyl (C=O) groups excluding carboxylic acids is 2. The van der Waals surface area contributed by atoms with Crippen molar-refractivity contribution in [2.45, 2.75) is 31.7 Å². The summed E-state index contributed by atoms with van der Waals surface area (Å²) in [4.78, 5) is 37.0. The van der Waals surface area contributed by atoms with Gasteiger partial charge in [0.1, 0.15) is 17.3 Å². The Morgan fingerprint density at radius 3 is 2.67 bits per heavy atom. The van der Waals surface area contributed by atoms with Crippen molar-refractivity contribution in [2.24, 2.45) is 7.05 Å². The van der Waals surface area contributed by atoms with Crippen LogP contribution in [0.1, 0.15) is 25.7 Å². The summed E-state index contributed by atoms with van der Waals surface area (Å²) in [6.07, 6.45) is 11.1. The van der Waals surface area contributed by atoms with Crippen molar-refractivity contribution in [2.75, 3.05) is 18.4 Å². The Morgan fingerprint density at radius 2 is 1.94 bits per heavy atom. The number of hydrogen-bond acceptors (Lipinski definition) is 6. The van der Waals surface area contributed by atoms with Gasteiger partial charge in [-0.05, 0) is 31.0 Å². The fourth-order valence-corrected chi connectivity index (χ4v) is 4.31. The first-order valence-corrected chi connectivity index (χ1v) is 11.0. The standard InChI is InChI=1S/C23H25N7O3/c1-28-15-16(13-26-28)20-12-18(8-9-24-20)33-19-6-7-21(25-14-19)27-22(31)30-11-10-29(23(30)32)17-4-2-3-5-17/h6-9,12-15,17H,2-5,10-11H2,1H3,(H,25,27,31). The lowest BCUT2D eigenvalue weighted by molar-refractivity contribution is 0.178. The predicted octanol–water partition coefficient (Wildman–Crippen LogP) is 3.88. The molecule has 0 aromatic carbocycles. The normalized spacial score (nSPS) is 16.5. The van der Waals surface area contributed by atoms with E-state index in [1.54, 1.807) is 35.3 Å². The Balaban J connectivity index is 1.20. The third-order valence-corrected chi connectivity index (χ3v) is 5.99. The summed E-state index contributed by atoms with van der Waals surface area (Å²) >= 11 is 0. The number of nitrogens with one attached hydrogen (secondary N) is 1. The third-order valence-electron chi connectivity index (χ3n) is 5.99. The molecule has 0 bridgehead atoms. The van der Waals surface area contributed by atoms with Crippen LogP contribution in [0.4, 0.5) is 15.4 Å². The molecule has 2 aliphatic rings. The third kappa shape index (κ3) is 4.50. The molecule has 1 saturated carbocycles. The fraction of sp³-hybridized carbons (Fsp3) is 0.348. The number of carbonyl (C=O) groups is 2. The van der Waals surface area contributed by atoms with Gasteiger partial charge in [0, 0.05) is 50.2 Å². The van der Waals surface area contributed by atoms with Gasteiger partial charge in [0.2, 0.25) is 0 Å². The number of rotatable bonds is 5. The molecule has 3 aromatic heterocycles. The molecule has 0 spiro atoms. The van der Waals surface area contributed by atoms with Crippen molar-refractivity contribution in [1.29, 1.82) is 0 Å². The molecule has 2 fully saturated rings. The zero-order chi connectivity index (χ0) is 22.8. The van der Waals surface area contributed by atoms with Gasteiger partial charge < -0.3 is 9.64 Å². The number of aromatic nitrogens is 4. The van der Waals surface area contributed by atoms with Gasteiger partial charge in [-0.25, -0.2) is 19.5 Å². The van der Waals surface area contributed by atoms with Crippen molar-refractivity contribution >= 4 is 17.9 Å². The van der Waals surface area contributed by atoms with Crippen molar-refractivity contribution in [3.05, 3.63) is 49.1 Å². The summed E-state index contributed by atoms with van der Waals surface area (Å²) in [5.41, 5.74) is 1.64. The molecule has 0 radical (unpaired) electrons. The second-order valence-electron chi connectivity index (χ2n) is 8.26. The van der Waals surface area contributed by atoms with Crippen LogP contribution in [0.15, 0.2) is 49.1 Å². The predicted molar refractivity (Wildman–Crippen MR) is 121 cm³/mol. The van der Waals surface area contributed by atoms with Crippen LogP contribution in [0, 0.1) is 0 Å². The van der Waals surface area contributed by atoms with E-state index in [1.807, 2.05) is 24.2 Å². The maximum absolute atomic E-state index is 12.7. The van der Waals surface area contributed by atoms with E-state index in [2.05, 4.69) is 20.4 Å². The highest BCUT2D eigenvalue weighted by Crippen LogP contribution is 2.28. The second kappa shape index (κ2) is 8.89. The van der Waals surface area contributed by atoms with Gasteiger partial charge in [-0.15, -0.1) is 0 Å². The zero-order valence-corrected chi connectivity index (χ0v) is 18.3. The monoisotopic (exact) mass is 447 g/mol. The summed E-state index contributed by atoms with van der Waals surface area (Å²) in [5.74, 6) is 1.48. The average Bonchev–Trinajstić information content (AvgIpc) is 3.56. The molecule has 5 rings (SSSR count). The molecule has 4 amide bonds. The highest BCUT2D eigenvalue weighted by molar-refractivity contribution is 6.01. The number of imide groups is 1. The van der Waals surface area contributed by atoms with Crippen molar-refractivity contribution in [1.82, 2.24) is 29.5 Å². The smallest absolute Gasteiger partial charge is 0.331 e. The molecule has 3 aromatic rings. The molecule has 170 valence electrons. The van der Waals surface area contributed by atoms with Gasteiger partial charge in [0.15, 0.2) is 0 Å². The Bertz CT molecular complexity index is 1150. The number of nitrogens with zero attached hydrogens (tertiary/aromatic N) is 6. The number of anilines is 1. The molecule has 4 heterocycles. The second-order valence-corrected chi connectivity index (χ2v) is 8.26. The number of hydrogen-bond donors (Lipinski definition) is 1. The Hall–Kier alpha value is -3.95. The van der Waals surface area contributed by atoms with Crippen molar-refractivity contribution in [3.8, 4) is 22.8 Å². The van der Waals surface area contributed by atoms with Crippen LogP contribution in [-0.4, -0.2) is 60.7 Å². The maximum Gasteiger partial charge on any atom is 0.331 e. The SMILES string of the molecule is Cn1cc(-c2cc(Oc3ccc(NC(=O)N4CCN(C5CCCC5)C4=O)nc3)ccn2)cn1. The van der Waals surface area contributed by atoms with E-state index >= 15 is 0 Å². The minimum Gasteiger partial charge on any atom is -0.456 e. The Kier molecular flexibility index (Phi) is 5.64. The van der Waals surface area contributed by atoms with E-state index < -0.39 is 6.03 Å². The largest absolute Gasteiger partial charge is 0.456 e. The molecule has 1 aliphatic carbocycles. The molecule has 10 nitrogen and oxygen atoms in total. The highest BCUT2D eigenvalue weighted by atomic mass is 16.5. The van der Waals surface area contributed by atoms with E-state index in [0.29, 0.717) is 30.4 Å². The lowest BCUT2D eigenvalue weighted by Gasteiger charge is -2.23. The van der Waals surface area contributed by atoms with Crippen LogP contribution < -0.4 is 10.1 Å². The van der Waals surface area contributed by atoms with Crippen LogP contribution in [0.2, 0.25) is 0 Å². The number of pyridine rings is 2. The zero-order valence-electron chi connectivity index (χ0n) is 18.3. The quantitative estimate of drug-likeness (QED) is 0.636. The van der Waals surface area contributed by atoms with Gasteiger partial charge in [-0.1, -0.05) is 12.8 Å². The average molecular weight is 447 g/mol. The Labute approximate surface area is 191 Å². The van der Waals surface area contributed by atoms with Gasteiger partial charge >= 0.3 is 12.1 Å². The van der Waals surface area contributed by atoms with Crippen LogP contribution in [0.25, 0.3) is 11.3 Å². The maximum atomic E-state index is 12.7. The van der Waals surface area contributed by atoms with Gasteiger partial charge in [-0.2, -0.15) is 5.10 Å². The van der Waals surface area contributed by atoms with Crippen molar-refractivity contribution < 1.29 is 14.3 Å². The first kappa shape index (κ1) is 20.9. The summed E-state index contributed by atoms with van der Waals surface area (Å²) in [6, 6.07) is 6.51. The minimum atomic E-state index is -0.461. The van der Waals surface area contributed by atoms with E-state index in [0.717, 1.165) is 36.9 Å². The van der Waals surface area contributed by atoms with E-state index in [1.165, 1.54) is 11.1 Å². The van der Waals surface area contributed by atoms with Gasteiger partial charge in [0.25, 0.3) is 0 Å². The van der Waals surface area contributed by atoms with E-state index in [-0.39, 0.29) is 12.1 Å². The Morgan fingerprint density at radius 1 is 1.09 bits per heavy atom. The molecular formula is C23H25N7O3. The number of aryl methyl sites for hydroxylation is 1. The molecule has 33 heavy (non-hydrogen) atoms. The fourth-order valence-electron chi connectivity index (χ4n) is 4.31. The number of ether oxygens (including phenoxy) is 1. The van der Waals surface area contributed by atoms with Gasteiger partial charge in [-0.3, -0.25) is 15.0 Å². The van der Waals surface area contributed by atoms with Crippen LogP contribution >= 0.6 is 0 Å². The molecule has 0 atom stereocenters. The molecular weight excluding hydrogens is 422 g/mol. The molecule has 1 saturated heterocycles. The summed E-state index contributed by atoms with van der Waals surface area (Å²) < 4.78 is 7.59. The topological polar surface area (TPSA) is 105 Å². The summed E-state index contributed by atoms with van der Waals surface area (Å²) in [5, 5.41) is 6.86. The highest BCUT2D eigenvalue weighted by Gasteiger charge is 2.38. The van der Waals surface area contributed by atoms with Crippen LogP contribution in [0.3, 0.4) is 0 Å². The lowest BCUT2D eigenvalue weighted by Crippen LogP contribution is -2.41. The van der Waals surface area contributed by atoms with Crippen molar-refractivity contribution in [3.63, 3.8) is 0 Å². The lowest BCUT2D eigenvalue weighted by atomic mass is 10.2. The summed E-state index contributed by atoms with van der Waals surface area (Å²) in [7, 11) is 1.85. The molecule has 10 heteroatoms. The molecule has 1 N–H and O–H groups in total. The first-order valence-electron chi connectivity index (χ1n) is 11.0. The van der Waals surface area contributed by atoms with E-state index in [9.17, 15) is 9.59 Å². The molecule has 1 aliphatic heterocycles. The number of urea groups is 2.